The number of carboxylic acid groups (broad SMARTS) is 1. The number of aliphatic carboxylic acids is 1. The summed E-state index contributed by atoms with van der Waals surface area (Å²) in [5.41, 5.74) is 0.893. The van der Waals surface area contributed by atoms with Crippen LogP contribution < -0.4 is 10.5 Å². The number of aromatic nitrogens is 4. The summed E-state index contributed by atoms with van der Waals surface area (Å²) in [6.45, 7) is 9.53. The van der Waals surface area contributed by atoms with Gasteiger partial charge < -0.3 is 28.9 Å². The first kappa shape index (κ1) is 24.7. The quantitative estimate of drug-likeness (QED) is 0.663. The molecule has 1 saturated heterocycles. The minimum Gasteiger partial charge on any atom is -0.480 e. The molecule has 4 rings (SSSR count). The largest absolute Gasteiger partial charge is 0.480 e. The number of fused-ring (bicyclic) bond motifs is 1. The lowest BCUT2D eigenvalue weighted by Gasteiger charge is -2.37. The zero-order chi connectivity index (χ0) is 25.3. The summed E-state index contributed by atoms with van der Waals surface area (Å²) in [5.74, 6) is -0.438. The number of carboxylic acids is 1. The Morgan fingerprint density at radius 2 is 1.91 bits per heavy atom. The van der Waals surface area contributed by atoms with Crippen LogP contribution in [0.25, 0.3) is 11.4 Å². The van der Waals surface area contributed by atoms with Gasteiger partial charge in [-0.15, -0.1) is 5.10 Å². The van der Waals surface area contributed by atoms with Crippen LogP contribution in [0.15, 0.2) is 10.9 Å². The van der Waals surface area contributed by atoms with Crippen molar-refractivity contribution in [2.45, 2.75) is 52.7 Å². The fraction of sp³-hybridized carbons (Fsp3) is 0.609. The van der Waals surface area contributed by atoms with Crippen molar-refractivity contribution in [1.29, 1.82) is 0 Å². The van der Waals surface area contributed by atoms with E-state index in [-0.39, 0.29) is 17.9 Å². The minimum atomic E-state index is -1.04. The Morgan fingerprint density at radius 3 is 2.49 bits per heavy atom. The average molecular weight is 489 g/mol. The van der Waals surface area contributed by atoms with Crippen molar-refractivity contribution in [1.82, 2.24) is 24.1 Å². The Bertz CT molecular complexity index is 1220. The van der Waals surface area contributed by atoms with E-state index < -0.39 is 17.7 Å². The Morgan fingerprint density at radius 1 is 1.20 bits per heavy atom. The minimum absolute atomic E-state index is 0.202. The molecule has 0 bridgehead atoms. The lowest BCUT2D eigenvalue weighted by molar-refractivity contribution is -0.137. The van der Waals surface area contributed by atoms with Crippen molar-refractivity contribution >= 4 is 29.1 Å². The molecule has 2 aliphatic rings. The van der Waals surface area contributed by atoms with Crippen molar-refractivity contribution < 1.29 is 24.2 Å². The van der Waals surface area contributed by atoms with E-state index in [9.17, 15) is 19.5 Å². The number of hydrogen-bond acceptors (Lipinski definition) is 8. The van der Waals surface area contributed by atoms with E-state index in [1.807, 2.05) is 38.7 Å². The summed E-state index contributed by atoms with van der Waals surface area (Å²) in [6, 6.07) is 0. The maximum absolute atomic E-state index is 13.7. The standard InChI is InChI=1S/C23H32N6O6/c1-5-16-18(26-8-10-27(11-9-26)22(33)35-23(2,3)4)20(32)29-21(28(16)14-17(30)31)24-19(25-29)15-6-12-34-13-7-15/h6H,5,7-14H2,1-4H3,(H,30,31). The number of ether oxygens (including phenoxy) is 2. The maximum atomic E-state index is 13.7. The van der Waals surface area contributed by atoms with Crippen molar-refractivity contribution in [2.24, 2.45) is 0 Å². The smallest absolute Gasteiger partial charge is 0.410 e. The van der Waals surface area contributed by atoms with Gasteiger partial charge in [0.15, 0.2) is 5.82 Å². The first-order chi connectivity index (χ1) is 16.6. The van der Waals surface area contributed by atoms with Gasteiger partial charge >= 0.3 is 12.1 Å². The second-order valence-electron chi connectivity index (χ2n) is 9.59. The Kier molecular flexibility index (Phi) is 6.84. The second-order valence-corrected chi connectivity index (χ2v) is 9.59. The number of anilines is 1. The molecule has 2 aromatic rings. The van der Waals surface area contributed by atoms with E-state index in [0.29, 0.717) is 69.4 Å². The van der Waals surface area contributed by atoms with E-state index in [0.717, 1.165) is 5.57 Å². The molecule has 2 aromatic heterocycles. The topological polar surface area (TPSA) is 132 Å². The van der Waals surface area contributed by atoms with Gasteiger partial charge in [-0.05, 0) is 39.2 Å². The van der Waals surface area contributed by atoms with Crippen LogP contribution in [-0.4, -0.2) is 86.2 Å². The van der Waals surface area contributed by atoms with Crippen LogP contribution in [0.4, 0.5) is 10.5 Å². The van der Waals surface area contributed by atoms with Crippen molar-refractivity contribution in [3.63, 3.8) is 0 Å². The highest BCUT2D eigenvalue weighted by molar-refractivity contribution is 5.70. The van der Waals surface area contributed by atoms with Crippen LogP contribution in [0, 0.1) is 0 Å². The molecule has 190 valence electrons. The molecule has 12 heteroatoms. The van der Waals surface area contributed by atoms with Crippen LogP contribution in [0.5, 0.6) is 0 Å². The number of nitrogens with zero attached hydrogens (tertiary/aromatic N) is 6. The lowest BCUT2D eigenvalue weighted by Crippen LogP contribution is -2.51. The Balaban J connectivity index is 1.73. The normalized spacial score (nSPS) is 17.0. The Labute approximate surface area is 202 Å². The maximum Gasteiger partial charge on any atom is 0.410 e. The van der Waals surface area contributed by atoms with Gasteiger partial charge in [-0.25, -0.2) is 4.79 Å². The fourth-order valence-corrected chi connectivity index (χ4v) is 4.37. The van der Waals surface area contributed by atoms with E-state index in [2.05, 4.69) is 10.1 Å². The molecule has 0 aliphatic carbocycles. The first-order valence-corrected chi connectivity index (χ1v) is 11.8. The van der Waals surface area contributed by atoms with Crippen LogP contribution in [0.3, 0.4) is 0 Å². The van der Waals surface area contributed by atoms with Gasteiger partial charge in [0.1, 0.15) is 17.8 Å². The van der Waals surface area contributed by atoms with E-state index in [4.69, 9.17) is 9.47 Å². The van der Waals surface area contributed by atoms with E-state index in [1.54, 1.807) is 9.47 Å². The monoisotopic (exact) mass is 488 g/mol. The molecule has 0 atom stereocenters. The molecule has 4 heterocycles. The number of rotatable bonds is 5. The molecule has 0 spiro atoms. The third kappa shape index (κ3) is 5.16. The highest BCUT2D eigenvalue weighted by atomic mass is 16.6. The van der Waals surface area contributed by atoms with Gasteiger partial charge in [0.2, 0.25) is 5.78 Å². The number of amides is 1. The van der Waals surface area contributed by atoms with Crippen molar-refractivity contribution in [2.75, 3.05) is 44.3 Å². The molecule has 1 N–H and O–H groups in total. The molecule has 35 heavy (non-hydrogen) atoms. The summed E-state index contributed by atoms with van der Waals surface area (Å²) < 4.78 is 13.6. The lowest BCUT2D eigenvalue weighted by atomic mass is 10.1. The summed E-state index contributed by atoms with van der Waals surface area (Å²) in [4.78, 5) is 45.9. The van der Waals surface area contributed by atoms with Crippen LogP contribution in [-0.2, 0) is 27.2 Å². The highest BCUT2D eigenvalue weighted by Gasteiger charge is 2.30. The van der Waals surface area contributed by atoms with Crippen LogP contribution in [0.1, 0.15) is 45.6 Å². The molecule has 0 radical (unpaired) electrons. The van der Waals surface area contributed by atoms with E-state index >= 15 is 0 Å². The van der Waals surface area contributed by atoms with Gasteiger partial charge in [0.05, 0.1) is 18.9 Å². The molecule has 0 aromatic carbocycles. The number of carbonyl (C=O) groups is 2. The van der Waals surface area contributed by atoms with Crippen LogP contribution >= 0.6 is 0 Å². The van der Waals surface area contributed by atoms with Gasteiger partial charge in [0, 0.05) is 26.2 Å². The number of piperazine rings is 1. The number of hydrogen-bond donors (Lipinski definition) is 1. The number of carbonyl (C=O) groups excluding carboxylic acids is 1. The van der Waals surface area contributed by atoms with Gasteiger partial charge in [-0.2, -0.15) is 9.50 Å². The first-order valence-electron chi connectivity index (χ1n) is 11.8. The molecule has 1 fully saturated rings. The molecule has 1 amide bonds. The van der Waals surface area contributed by atoms with Gasteiger partial charge in [-0.3, -0.25) is 9.59 Å². The molecule has 0 unspecified atom stereocenters. The summed E-state index contributed by atoms with van der Waals surface area (Å²) >= 11 is 0. The Hall–Kier alpha value is -3.41. The second kappa shape index (κ2) is 9.68. The van der Waals surface area contributed by atoms with Crippen molar-refractivity contribution in [3.8, 4) is 0 Å². The summed E-state index contributed by atoms with van der Waals surface area (Å²) in [6.07, 6.45) is 2.53. The average Bonchev–Trinajstić information content (AvgIpc) is 3.26. The molecular weight excluding hydrogens is 456 g/mol. The third-order valence-electron chi connectivity index (χ3n) is 5.95. The van der Waals surface area contributed by atoms with Gasteiger partial charge in [0.25, 0.3) is 5.56 Å². The third-order valence-corrected chi connectivity index (χ3v) is 5.95. The van der Waals surface area contributed by atoms with Crippen LogP contribution in [0.2, 0.25) is 0 Å². The molecule has 0 saturated carbocycles. The fourth-order valence-electron chi connectivity index (χ4n) is 4.37. The van der Waals surface area contributed by atoms with E-state index in [1.165, 1.54) is 4.52 Å². The molecule has 12 nitrogen and oxygen atoms in total. The zero-order valence-corrected chi connectivity index (χ0v) is 20.6. The summed E-state index contributed by atoms with van der Waals surface area (Å²) in [5, 5.41) is 14.1. The highest BCUT2D eigenvalue weighted by Crippen LogP contribution is 2.24. The summed E-state index contributed by atoms with van der Waals surface area (Å²) in [7, 11) is 0. The SMILES string of the molecule is CCc1c(N2CCN(C(=O)OC(C)(C)C)CC2)c(=O)n2nc(C3=CCOCC3)nc2n1CC(=O)O. The zero-order valence-electron chi connectivity index (χ0n) is 20.6. The predicted octanol–water partition coefficient (Wildman–Crippen LogP) is 1.40. The van der Waals surface area contributed by atoms with Crippen molar-refractivity contribution in [3.05, 3.63) is 27.9 Å². The predicted molar refractivity (Wildman–Crippen MR) is 128 cm³/mol. The van der Waals surface area contributed by atoms with Gasteiger partial charge in [-0.1, -0.05) is 13.0 Å². The molecular formula is C23H32N6O6. The molecule has 2 aliphatic heterocycles.